The molecule has 0 spiro atoms. The summed E-state index contributed by atoms with van der Waals surface area (Å²) in [6, 6.07) is 3.90. The van der Waals surface area contributed by atoms with E-state index < -0.39 is 5.91 Å². The van der Waals surface area contributed by atoms with Gasteiger partial charge in [-0.3, -0.25) is 9.59 Å². The van der Waals surface area contributed by atoms with E-state index in [-0.39, 0.29) is 17.3 Å². The molecule has 0 saturated carbocycles. The number of nitrogens with one attached hydrogen (secondary N) is 1. The molecule has 1 fully saturated rings. The Kier molecular flexibility index (Phi) is 6.36. The Bertz CT molecular complexity index is 1170. The number of nitrogens with zero attached hydrogens (tertiary/aromatic N) is 5. The minimum atomic E-state index is -0.590. The van der Waals surface area contributed by atoms with Gasteiger partial charge in [0, 0.05) is 30.4 Å². The highest BCUT2D eigenvalue weighted by atomic mass is 16.2. The van der Waals surface area contributed by atoms with Crippen LogP contribution in [-0.2, 0) is 4.79 Å². The van der Waals surface area contributed by atoms with E-state index in [9.17, 15) is 9.59 Å². The number of anilines is 2. The number of aryl methyl sites for hydroxylation is 2. The zero-order valence-electron chi connectivity index (χ0n) is 18.8. The van der Waals surface area contributed by atoms with E-state index in [0.29, 0.717) is 17.9 Å². The highest BCUT2D eigenvalue weighted by Gasteiger charge is 2.16. The van der Waals surface area contributed by atoms with Gasteiger partial charge >= 0.3 is 0 Å². The number of primary amides is 1. The van der Waals surface area contributed by atoms with E-state index in [1.807, 2.05) is 26.0 Å². The summed E-state index contributed by atoms with van der Waals surface area (Å²) in [4.78, 5) is 35.0. The monoisotopic (exact) mass is 448 g/mol. The number of aromatic nitrogens is 4. The van der Waals surface area contributed by atoms with E-state index in [1.165, 1.54) is 29.9 Å². The summed E-state index contributed by atoms with van der Waals surface area (Å²) in [7, 11) is 0. The number of nitrogens with two attached hydrogens (primary N) is 2. The third kappa shape index (κ3) is 5.01. The lowest BCUT2D eigenvalue weighted by Gasteiger charge is -2.16. The van der Waals surface area contributed by atoms with Crippen LogP contribution in [0.4, 0.5) is 11.5 Å². The fourth-order valence-corrected chi connectivity index (χ4v) is 4.04. The first-order chi connectivity index (χ1) is 15.8. The summed E-state index contributed by atoms with van der Waals surface area (Å²) >= 11 is 0. The molecular weight excluding hydrogens is 420 g/mol. The predicted octanol–water partition coefficient (Wildman–Crippen LogP) is 2.05. The average molecular weight is 449 g/mol. The van der Waals surface area contributed by atoms with E-state index in [1.54, 1.807) is 6.20 Å². The van der Waals surface area contributed by atoms with Gasteiger partial charge in [-0.05, 0) is 63.0 Å². The van der Waals surface area contributed by atoms with Crippen LogP contribution >= 0.6 is 0 Å². The van der Waals surface area contributed by atoms with Crippen molar-refractivity contribution in [1.29, 1.82) is 0 Å². The first-order valence-corrected chi connectivity index (χ1v) is 10.9. The van der Waals surface area contributed by atoms with Crippen LogP contribution in [0.2, 0.25) is 0 Å². The summed E-state index contributed by atoms with van der Waals surface area (Å²) in [6.45, 7) is 6.84. The van der Waals surface area contributed by atoms with E-state index in [4.69, 9.17) is 11.5 Å². The molecule has 0 bridgehead atoms. The van der Waals surface area contributed by atoms with Crippen LogP contribution in [0.1, 0.15) is 40.7 Å². The van der Waals surface area contributed by atoms with Gasteiger partial charge in [-0.1, -0.05) is 0 Å². The van der Waals surface area contributed by atoms with Crippen molar-refractivity contribution in [1.82, 2.24) is 24.6 Å². The molecule has 10 nitrogen and oxygen atoms in total. The maximum absolute atomic E-state index is 12.5. The second kappa shape index (κ2) is 9.37. The Balaban J connectivity index is 1.54. The van der Waals surface area contributed by atoms with E-state index in [2.05, 4.69) is 25.3 Å². The van der Waals surface area contributed by atoms with Crippen LogP contribution < -0.4 is 16.8 Å². The van der Waals surface area contributed by atoms with Gasteiger partial charge < -0.3 is 21.7 Å². The Morgan fingerprint density at radius 2 is 1.82 bits per heavy atom. The first-order valence-electron chi connectivity index (χ1n) is 10.9. The number of rotatable bonds is 7. The van der Waals surface area contributed by atoms with Crippen LogP contribution in [0, 0.1) is 13.8 Å². The van der Waals surface area contributed by atoms with Crippen LogP contribution in [0.3, 0.4) is 0 Å². The van der Waals surface area contributed by atoms with Gasteiger partial charge in [0.1, 0.15) is 0 Å². The summed E-state index contributed by atoms with van der Waals surface area (Å²) in [5, 5.41) is 7.17. The molecule has 0 atom stereocenters. The number of nitrogen functional groups attached to an aromatic ring is 1. The number of benzene rings is 1. The first kappa shape index (κ1) is 22.4. The second-order valence-electron chi connectivity index (χ2n) is 8.33. The highest BCUT2D eigenvalue weighted by molar-refractivity contribution is 5.93. The molecule has 1 aliphatic rings. The minimum absolute atomic E-state index is 0.0133. The lowest BCUT2D eigenvalue weighted by molar-refractivity contribution is -0.116. The predicted molar refractivity (Wildman–Crippen MR) is 126 cm³/mol. The van der Waals surface area contributed by atoms with Crippen LogP contribution in [0.15, 0.2) is 30.7 Å². The topological polar surface area (TPSA) is 145 Å². The quantitative estimate of drug-likeness (QED) is 0.501. The van der Waals surface area contributed by atoms with E-state index in [0.717, 1.165) is 42.0 Å². The highest BCUT2D eigenvalue weighted by Crippen LogP contribution is 2.28. The van der Waals surface area contributed by atoms with Gasteiger partial charge in [-0.25, -0.2) is 14.6 Å². The fraction of sp³-hybridized carbons (Fsp3) is 0.348. The van der Waals surface area contributed by atoms with Gasteiger partial charge in [-0.15, -0.1) is 0 Å². The maximum Gasteiger partial charge on any atom is 0.251 e. The van der Waals surface area contributed by atoms with Gasteiger partial charge in [0.25, 0.3) is 5.91 Å². The molecule has 0 unspecified atom stereocenters. The number of carbonyl (C=O) groups is 2. The Hall–Kier alpha value is -3.79. The van der Waals surface area contributed by atoms with Crippen LogP contribution in [0.25, 0.3) is 17.1 Å². The number of hydrogen-bond donors (Lipinski definition) is 3. The molecule has 1 aliphatic heterocycles. The van der Waals surface area contributed by atoms with Crippen molar-refractivity contribution in [2.75, 3.05) is 30.7 Å². The van der Waals surface area contributed by atoms with Gasteiger partial charge in [0.15, 0.2) is 11.6 Å². The molecule has 172 valence electrons. The molecule has 3 heterocycles. The lowest BCUT2D eigenvalue weighted by Crippen LogP contribution is -2.25. The fourth-order valence-electron chi connectivity index (χ4n) is 4.04. The summed E-state index contributed by atoms with van der Waals surface area (Å²) < 4.78 is 1.38. The molecular formula is C23H28N8O2. The standard InChI is InChI=1S/C23H28N8O2/c1-14-9-16(10-15(2)20(14)29-19(32)5-8-30-6-3-4-7-30)18-12-26-21(24)23(28-18)31-13-17(11-27-31)22(25)33/h9-13H,3-8H2,1-2H3,(H2,24,26)(H2,25,33)(H,29,32). The van der Waals surface area contributed by atoms with Crippen molar-refractivity contribution in [3.05, 3.63) is 47.4 Å². The molecule has 1 aromatic carbocycles. The molecule has 33 heavy (non-hydrogen) atoms. The van der Waals surface area contributed by atoms with Crippen molar-refractivity contribution in [2.24, 2.45) is 5.73 Å². The molecule has 5 N–H and O–H groups in total. The summed E-state index contributed by atoms with van der Waals surface area (Å²) in [6.07, 6.45) is 7.30. The number of amides is 2. The van der Waals surface area contributed by atoms with Gasteiger partial charge in [0.2, 0.25) is 5.91 Å². The molecule has 2 aromatic heterocycles. The number of likely N-dealkylation sites (tertiary alicyclic amines) is 1. The normalized spacial score (nSPS) is 13.9. The van der Waals surface area contributed by atoms with Crippen LogP contribution in [-0.4, -0.2) is 56.1 Å². The lowest BCUT2D eigenvalue weighted by atomic mass is 10.0. The minimum Gasteiger partial charge on any atom is -0.381 e. The van der Waals surface area contributed by atoms with Gasteiger partial charge in [-0.2, -0.15) is 5.10 Å². The molecule has 2 amide bonds. The van der Waals surface area contributed by atoms with Crippen molar-refractivity contribution in [3.8, 4) is 17.1 Å². The Morgan fingerprint density at radius 3 is 2.45 bits per heavy atom. The molecule has 0 radical (unpaired) electrons. The number of carbonyl (C=O) groups excluding carboxylic acids is 2. The third-order valence-corrected chi connectivity index (χ3v) is 5.81. The number of hydrogen-bond acceptors (Lipinski definition) is 7. The van der Waals surface area contributed by atoms with Crippen molar-refractivity contribution >= 4 is 23.3 Å². The van der Waals surface area contributed by atoms with Crippen molar-refractivity contribution in [2.45, 2.75) is 33.1 Å². The SMILES string of the molecule is Cc1cc(-c2cnc(N)c(-n3cc(C(N)=O)cn3)n2)cc(C)c1NC(=O)CCN1CCCC1. The van der Waals surface area contributed by atoms with Crippen LogP contribution in [0.5, 0.6) is 0 Å². The molecule has 1 saturated heterocycles. The zero-order valence-corrected chi connectivity index (χ0v) is 18.8. The zero-order chi connectivity index (χ0) is 23.5. The average Bonchev–Trinajstić information content (AvgIpc) is 3.47. The Labute approximate surface area is 192 Å². The summed E-state index contributed by atoms with van der Waals surface area (Å²) in [5.41, 5.74) is 15.6. The van der Waals surface area contributed by atoms with Gasteiger partial charge in [0.05, 0.1) is 23.7 Å². The van der Waals surface area contributed by atoms with E-state index >= 15 is 0 Å². The van der Waals surface area contributed by atoms with Crippen molar-refractivity contribution in [3.63, 3.8) is 0 Å². The summed E-state index contributed by atoms with van der Waals surface area (Å²) in [5.74, 6) is -0.101. The van der Waals surface area contributed by atoms with Crippen molar-refractivity contribution < 1.29 is 9.59 Å². The largest absolute Gasteiger partial charge is 0.381 e. The molecule has 4 rings (SSSR count). The third-order valence-electron chi connectivity index (χ3n) is 5.81. The maximum atomic E-state index is 12.5. The smallest absolute Gasteiger partial charge is 0.251 e. The second-order valence-corrected chi connectivity index (χ2v) is 8.33. The Morgan fingerprint density at radius 1 is 1.12 bits per heavy atom. The molecule has 3 aromatic rings. The molecule has 0 aliphatic carbocycles. The molecule has 10 heteroatoms.